The Balaban J connectivity index is 1.59. The van der Waals surface area contributed by atoms with Crippen LogP contribution < -0.4 is 10.2 Å². The lowest BCUT2D eigenvalue weighted by molar-refractivity contribution is -0.114. The monoisotopic (exact) mass is 375 g/mol. The highest BCUT2D eigenvalue weighted by Crippen LogP contribution is 2.22. The van der Waals surface area contributed by atoms with Crippen LogP contribution in [0.3, 0.4) is 0 Å². The highest BCUT2D eigenvalue weighted by Gasteiger charge is 2.19. The minimum absolute atomic E-state index is 0.000275. The van der Waals surface area contributed by atoms with Gasteiger partial charge in [0.2, 0.25) is 11.9 Å². The summed E-state index contributed by atoms with van der Waals surface area (Å²) in [5.41, 5.74) is 1.27. The second-order valence-corrected chi connectivity index (χ2v) is 6.85. The predicted octanol–water partition coefficient (Wildman–Crippen LogP) is 1.59. The van der Waals surface area contributed by atoms with E-state index in [9.17, 15) is 9.59 Å². The fourth-order valence-electron chi connectivity index (χ4n) is 2.63. The van der Waals surface area contributed by atoms with Crippen LogP contribution in [0.5, 0.6) is 0 Å². The highest BCUT2D eigenvalue weighted by molar-refractivity contribution is 7.99. The summed E-state index contributed by atoms with van der Waals surface area (Å²) in [5, 5.41) is 11.8. The Morgan fingerprint density at radius 1 is 1.19 bits per heavy atom. The number of ketones is 1. The van der Waals surface area contributed by atoms with E-state index in [0.29, 0.717) is 29.6 Å². The van der Waals surface area contributed by atoms with Crippen molar-refractivity contribution < 1.29 is 14.3 Å². The van der Waals surface area contributed by atoms with E-state index in [1.807, 2.05) is 11.6 Å². The van der Waals surface area contributed by atoms with Crippen molar-refractivity contribution in [1.82, 2.24) is 14.8 Å². The van der Waals surface area contributed by atoms with E-state index in [1.165, 1.54) is 18.7 Å². The standard InChI is InChI=1S/C17H21N5O3S/c1-12(23)18-14-5-3-13(4-6-14)15(24)11-26-17-20-19-16(21(17)2)22-7-9-25-10-8-22/h3-6H,7-11H2,1-2H3,(H,18,23). The smallest absolute Gasteiger partial charge is 0.227 e. The van der Waals surface area contributed by atoms with Gasteiger partial charge in [0.25, 0.3) is 0 Å². The van der Waals surface area contributed by atoms with E-state index in [1.54, 1.807) is 24.3 Å². The van der Waals surface area contributed by atoms with Crippen molar-refractivity contribution in [2.45, 2.75) is 12.1 Å². The molecule has 26 heavy (non-hydrogen) atoms. The van der Waals surface area contributed by atoms with Gasteiger partial charge in [0.15, 0.2) is 10.9 Å². The zero-order chi connectivity index (χ0) is 18.5. The molecule has 0 spiro atoms. The van der Waals surface area contributed by atoms with Gasteiger partial charge in [-0.2, -0.15) is 0 Å². The van der Waals surface area contributed by atoms with Crippen LogP contribution >= 0.6 is 11.8 Å². The number of rotatable bonds is 6. The molecule has 1 amide bonds. The zero-order valence-electron chi connectivity index (χ0n) is 14.8. The van der Waals surface area contributed by atoms with Gasteiger partial charge in [-0.25, -0.2) is 0 Å². The normalized spacial score (nSPS) is 14.3. The molecule has 8 nitrogen and oxygen atoms in total. The number of anilines is 2. The van der Waals surface area contributed by atoms with Gasteiger partial charge in [-0.3, -0.25) is 14.2 Å². The number of carbonyl (C=O) groups is 2. The number of ether oxygens (including phenoxy) is 1. The molecule has 138 valence electrons. The number of nitrogens with one attached hydrogen (secondary N) is 1. The zero-order valence-corrected chi connectivity index (χ0v) is 15.6. The largest absolute Gasteiger partial charge is 0.378 e. The van der Waals surface area contributed by atoms with Crippen LogP contribution in [0.2, 0.25) is 0 Å². The van der Waals surface area contributed by atoms with Crippen LogP contribution in [0.4, 0.5) is 11.6 Å². The molecule has 1 aliphatic heterocycles. The van der Waals surface area contributed by atoms with E-state index in [0.717, 1.165) is 19.0 Å². The molecular formula is C17H21N5O3S. The van der Waals surface area contributed by atoms with Crippen molar-refractivity contribution >= 4 is 35.1 Å². The first kappa shape index (κ1) is 18.4. The number of morpholine rings is 1. The second kappa shape index (κ2) is 8.33. The molecule has 0 bridgehead atoms. The first-order chi connectivity index (χ1) is 12.5. The van der Waals surface area contributed by atoms with E-state index >= 15 is 0 Å². The summed E-state index contributed by atoms with van der Waals surface area (Å²) in [4.78, 5) is 25.5. The number of benzene rings is 1. The Labute approximate surface area is 155 Å². The summed E-state index contributed by atoms with van der Waals surface area (Å²) < 4.78 is 7.26. The van der Waals surface area contributed by atoms with E-state index < -0.39 is 0 Å². The van der Waals surface area contributed by atoms with Gasteiger partial charge in [0.05, 0.1) is 19.0 Å². The van der Waals surface area contributed by atoms with Gasteiger partial charge in [0.1, 0.15) is 0 Å². The summed E-state index contributed by atoms with van der Waals surface area (Å²) in [6.45, 7) is 4.39. The number of Topliss-reactive ketones (excluding diaryl/α,β-unsaturated/α-hetero) is 1. The minimum atomic E-state index is -0.141. The molecule has 0 radical (unpaired) electrons. The van der Waals surface area contributed by atoms with E-state index in [2.05, 4.69) is 20.4 Å². The topological polar surface area (TPSA) is 89.3 Å². The fraction of sp³-hybridized carbons (Fsp3) is 0.412. The Hall–Kier alpha value is -2.39. The quantitative estimate of drug-likeness (QED) is 0.606. The molecule has 1 aromatic carbocycles. The first-order valence-electron chi connectivity index (χ1n) is 8.30. The van der Waals surface area contributed by atoms with E-state index in [-0.39, 0.29) is 17.4 Å². The predicted molar refractivity (Wildman–Crippen MR) is 99.8 cm³/mol. The number of hydrogen-bond acceptors (Lipinski definition) is 7. The number of aromatic nitrogens is 3. The molecule has 0 atom stereocenters. The molecule has 0 unspecified atom stereocenters. The third-order valence-electron chi connectivity index (χ3n) is 3.97. The van der Waals surface area contributed by atoms with Crippen molar-refractivity contribution in [2.24, 2.45) is 7.05 Å². The molecule has 0 saturated carbocycles. The van der Waals surface area contributed by atoms with Crippen LogP contribution in [-0.2, 0) is 16.6 Å². The molecule has 2 aromatic rings. The number of amides is 1. The molecule has 1 N–H and O–H groups in total. The van der Waals surface area contributed by atoms with Crippen molar-refractivity contribution in [2.75, 3.05) is 42.3 Å². The van der Waals surface area contributed by atoms with Gasteiger partial charge in [-0.15, -0.1) is 10.2 Å². The van der Waals surface area contributed by atoms with Gasteiger partial charge >= 0.3 is 0 Å². The minimum Gasteiger partial charge on any atom is -0.378 e. The molecule has 9 heteroatoms. The Bertz CT molecular complexity index is 784. The average molecular weight is 375 g/mol. The molecule has 1 aliphatic rings. The maximum absolute atomic E-state index is 12.4. The molecule has 3 rings (SSSR count). The summed E-state index contributed by atoms with van der Waals surface area (Å²) in [6.07, 6.45) is 0. The Morgan fingerprint density at radius 3 is 2.54 bits per heavy atom. The maximum atomic E-state index is 12.4. The SMILES string of the molecule is CC(=O)Nc1ccc(C(=O)CSc2nnc(N3CCOCC3)n2C)cc1. The molecule has 0 aliphatic carbocycles. The summed E-state index contributed by atoms with van der Waals surface area (Å²) in [6, 6.07) is 6.87. The van der Waals surface area contributed by atoms with Crippen LogP contribution in [0.15, 0.2) is 29.4 Å². The Kier molecular flexibility index (Phi) is 5.89. The number of hydrogen-bond donors (Lipinski definition) is 1. The van der Waals surface area contributed by atoms with Gasteiger partial charge in [-0.1, -0.05) is 11.8 Å². The lowest BCUT2D eigenvalue weighted by Gasteiger charge is -2.27. The Morgan fingerprint density at radius 2 is 1.88 bits per heavy atom. The van der Waals surface area contributed by atoms with Crippen molar-refractivity contribution in [1.29, 1.82) is 0 Å². The lowest BCUT2D eigenvalue weighted by atomic mass is 10.1. The molecule has 1 aromatic heterocycles. The lowest BCUT2D eigenvalue weighted by Crippen LogP contribution is -2.37. The van der Waals surface area contributed by atoms with Crippen molar-refractivity contribution in [3.63, 3.8) is 0 Å². The first-order valence-corrected chi connectivity index (χ1v) is 9.29. The van der Waals surface area contributed by atoms with Gasteiger partial charge in [-0.05, 0) is 24.3 Å². The fourth-order valence-corrected chi connectivity index (χ4v) is 3.43. The van der Waals surface area contributed by atoms with Crippen LogP contribution in [0.25, 0.3) is 0 Å². The third-order valence-corrected chi connectivity index (χ3v) is 4.99. The third kappa shape index (κ3) is 4.41. The molecular weight excluding hydrogens is 354 g/mol. The van der Waals surface area contributed by atoms with Crippen LogP contribution in [0.1, 0.15) is 17.3 Å². The molecule has 1 saturated heterocycles. The maximum Gasteiger partial charge on any atom is 0.227 e. The van der Waals surface area contributed by atoms with Crippen LogP contribution in [0, 0.1) is 0 Å². The molecule has 1 fully saturated rings. The van der Waals surface area contributed by atoms with Crippen LogP contribution in [-0.4, -0.2) is 58.5 Å². The molecule has 2 heterocycles. The number of nitrogens with zero attached hydrogens (tertiary/aromatic N) is 4. The van der Waals surface area contributed by atoms with E-state index in [4.69, 9.17) is 4.74 Å². The highest BCUT2D eigenvalue weighted by atomic mass is 32.2. The van der Waals surface area contributed by atoms with Crippen molar-refractivity contribution in [3.8, 4) is 0 Å². The van der Waals surface area contributed by atoms with Gasteiger partial charge in [0, 0.05) is 38.3 Å². The summed E-state index contributed by atoms with van der Waals surface area (Å²) >= 11 is 1.36. The number of carbonyl (C=O) groups excluding carboxylic acids is 2. The summed E-state index contributed by atoms with van der Waals surface area (Å²) in [5.74, 6) is 0.926. The van der Waals surface area contributed by atoms with Crippen molar-refractivity contribution in [3.05, 3.63) is 29.8 Å². The number of thioether (sulfide) groups is 1. The second-order valence-electron chi connectivity index (χ2n) is 5.91. The average Bonchev–Trinajstić information content (AvgIpc) is 3.01. The van der Waals surface area contributed by atoms with Gasteiger partial charge < -0.3 is 15.0 Å². The summed E-state index contributed by atoms with van der Waals surface area (Å²) in [7, 11) is 1.90.